The minimum atomic E-state index is -0.428. The van der Waals surface area contributed by atoms with Crippen LogP contribution in [0.5, 0.6) is 0 Å². The van der Waals surface area contributed by atoms with E-state index < -0.39 is 21.7 Å². The van der Waals surface area contributed by atoms with Crippen LogP contribution < -0.4 is 0 Å². The van der Waals surface area contributed by atoms with Gasteiger partial charge in [-0.2, -0.15) is 0 Å². The van der Waals surface area contributed by atoms with Crippen LogP contribution in [0.25, 0.3) is 0 Å². The monoisotopic (exact) mass is 842 g/mol. The molecule has 3 rings (SSSR count). The lowest BCUT2D eigenvalue weighted by Crippen LogP contribution is -2.57. The van der Waals surface area contributed by atoms with E-state index in [0.717, 1.165) is 0 Å². The Morgan fingerprint density at radius 3 is 0.864 bits per heavy atom. The van der Waals surface area contributed by atoms with Gasteiger partial charge in [0.1, 0.15) is 23.1 Å². The number of hydrogen-bond acceptors (Lipinski definition) is 6. The molecule has 0 aliphatic heterocycles. The van der Waals surface area contributed by atoms with E-state index in [0.29, 0.717) is 0 Å². The van der Waals surface area contributed by atoms with Crippen LogP contribution in [-0.2, 0) is 19.2 Å². The summed E-state index contributed by atoms with van der Waals surface area (Å²) in [5.41, 5.74) is -3.19. The molecule has 0 heterocycles. The summed E-state index contributed by atoms with van der Waals surface area (Å²) in [5, 5.41) is 19.6. The van der Waals surface area contributed by atoms with Crippen LogP contribution in [0.3, 0.4) is 0 Å². The zero-order valence-electron chi connectivity index (χ0n) is 30.6. The maximum Gasteiger partial charge on any atom is 0.165 e. The Morgan fingerprint density at radius 1 is 0.432 bits per heavy atom. The van der Waals surface area contributed by atoms with Crippen LogP contribution >= 0.6 is 37.2 Å². The third-order valence-corrected chi connectivity index (χ3v) is 14.1. The standard InChI is InChI=1S/3C12H20O2.I2/c3*1-10(2)8(13)7-9(14)11(3,4)12(10,5)6;1-2/h7H2,1-6H3;2*7,13H,1-6H3;. The van der Waals surface area contributed by atoms with Crippen molar-refractivity contribution in [2.24, 2.45) is 48.7 Å². The van der Waals surface area contributed by atoms with Crippen molar-refractivity contribution in [3.05, 3.63) is 23.7 Å². The summed E-state index contributed by atoms with van der Waals surface area (Å²) in [7, 11) is 0. The maximum absolute atomic E-state index is 11.8. The summed E-state index contributed by atoms with van der Waals surface area (Å²) in [6.07, 6.45) is 2.86. The number of aliphatic hydroxyl groups is 2. The first-order valence-corrected chi connectivity index (χ1v) is 21.6. The summed E-state index contributed by atoms with van der Waals surface area (Å²) in [4.78, 5) is 47.2. The van der Waals surface area contributed by atoms with E-state index in [9.17, 15) is 29.4 Å². The van der Waals surface area contributed by atoms with Gasteiger partial charge in [-0.3, -0.25) is 19.2 Å². The molecule has 0 spiro atoms. The molecule has 8 heteroatoms. The van der Waals surface area contributed by atoms with Gasteiger partial charge in [0.15, 0.2) is 11.6 Å². The van der Waals surface area contributed by atoms with Crippen molar-refractivity contribution in [3.63, 3.8) is 0 Å². The molecule has 2 N–H and O–H groups in total. The summed E-state index contributed by atoms with van der Waals surface area (Å²) < 4.78 is 0. The molecule has 44 heavy (non-hydrogen) atoms. The van der Waals surface area contributed by atoms with Crippen molar-refractivity contribution in [2.45, 2.75) is 131 Å². The minimum Gasteiger partial charge on any atom is -0.512 e. The molecule has 254 valence electrons. The summed E-state index contributed by atoms with van der Waals surface area (Å²) in [6, 6.07) is 0. The number of ketones is 4. The molecule has 1 saturated carbocycles. The summed E-state index contributed by atoms with van der Waals surface area (Å²) in [6.45, 7) is 35.7. The number of halogens is 2. The van der Waals surface area contributed by atoms with Crippen LogP contribution in [0.15, 0.2) is 23.7 Å². The lowest BCUT2D eigenvalue weighted by molar-refractivity contribution is -0.160. The quantitative estimate of drug-likeness (QED) is 0.186. The lowest BCUT2D eigenvalue weighted by atomic mass is 9.48. The third-order valence-electron chi connectivity index (χ3n) is 14.1. The van der Waals surface area contributed by atoms with E-state index in [1.165, 1.54) is 12.2 Å². The number of hydrogen-bond donors (Lipinski definition) is 2. The Bertz CT molecular complexity index is 1130. The lowest BCUT2D eigenvalue weighted by Gasteiger charge is -2.53. The Kier molecular flexibility index (Phi) is 12.8. The zero-order valence-corrected chi connectivity index (χ0v) is 35.0. The van der Waals surface area contributed by atoms with E-state index in [4.69, 9.17) is 0 Å². The molecule has 0 unspecified atom stereocenters. The first kappa shape index (κ1) is 43.2. The first-order valence-electron chi connectivity index (χ1n) is 15.3. The van der Waals surface area contributed by atoms with Gasteiger partial charge in [0.25, 0.3) is 0 Å². The van der Waals surface area contributed by atoms with Crippen molar-refractivity contribution in [1.29, 1.82) is 0 Å². The van der Waals surface area contributed by atoms with Crippen LogP contribution in [0.2, 0.25) is 0 Å². The summed E-state index contributed by atoms with van der Waals surface area (Å²) in [5.74, 6) is 0.580. The van der Waals surface area contributed by atoms with Gasteiger partial charge in [0, 0.05) is 81.9 Å². The molecule has 0 aromatic rings. The molecule has 0 aromatic heterocycles. The normalized spacial score (nSPS) is 27.5. The molecule has 6 nitrogen and oxygen atoms in total. The van der Waals surface area contributed by atoms with Crippen LogP contribution in [-0.4, -0.2) is 33.3 Å². The van der Waals surface area contributed by atoms with E-state index in [-0.39, 0.29) is 68.1 Å². The fourth-order valence-corrected chi connectivity index (χ4v) is 5.86. The molecule has 3 aliphatic carbocycles. The molecule has 0 aromatic carbocycles. The average molecular weight is 843 g/mol. The molecule has 0 radical (unpaired) electrons. The van der Waals surface area contributed by atoms with E-state index in [1.807, 2.05) is 125 Å². The number of aliphatic hydroxyl groups excluding tert-OH is 2. The molecule has 3 aliphatic rings. The molecule has 0 bridgehead atoms. The Morgan fingerprint density at radius 2 is 0.636 bits per heavy atom. The number of rotatable bonds is 0. The molecule has 0 saturated heterocycles. The second-order valence-corrected chi connectivity index (χ2v) is 17.4. The molecular formula is C36H60I2O6. The van der Waals surface area contributed by atoms with Gasteiger partial charge in [-0.1, -0.05) is 125 Å². The van der Waals surface area contributed by atoms with Gasteiger partial charge in [0.05, 0.1) is 6.42 Å². The van der Waals surface area contributed by atoms with Gasteiger partial charge in [-0.25, -0.2) is 0 Å². The topological polar surface area (TPSA) is 109 Å². The fourth-order valence-electron chi connectivity index (χ4n) is 5.86. The second kappa shape index (κ2) is 13.0. The van der Waals surface area contributed by atoms with Crippen molar-refractivity contribution >= 4 is 60.4 Å². The van der Waals surface area contributed by atoms with E-state index >= 15 is 0 Å². The highest BCUT2D eigenvalue weighted by Crippen LogP contribution is 2.59. The average Bonchev–Trinajstić information content (AvgIpc) is 2.87. The largest absolute Gasteiger partial charge is 0.512 e. The van der Waals surface area contributed by atoms with Crippen molar-refractivity contribution in [1.82, 2.24) is 0 Å². The molecule has 0 atom stereocenters. The van der Waals surface area contributed by atoms with Gasteiger partial charge in [0.2, 0.25) is 0 Å². The SMILES string of the molecule is CC1(C)C(=O)C=C(O)C(C)(C)C1(C)C.CC1(C)C(=O)C=C(O)C(C)(C)C1(C)C.CC1(C)C(=O)CC(=O)C(C)(C)C1(C)C.II. The fraction of sp³-hybridized carbons (Fsp3) is 0.778. The van der Waals surface area contributed by atoms with E-state index in [1.54, 1.807) is 0 Å². The highest BCUT2D eigenvalue weighted by molar-refractivity contribution is 15.0. The Balaban J connectivity index is 0.000000612. The van der Waals surface area contributed by atoms with Crippen molar-refractivity contribution in [2.75, 3.05) is 0 Å². The maximum atomic E-state index is 11.8. The van der Waals surface area contributed by atoms with Gasteiger partial charge >= 0.3 is 0 Å². The van der Waals surface area contributed by atoms with Crippen LogP contribution in [0.1, 0.15) is 131 Å². The molecular weight excluding hydrogens is 782 g/mol. The third kappa shape index (κ3) is 6.51. The van der Waals surface area contributed by atoms with Gasteiger partial charge in [-0.15, -0.1) is 0 Å². The Labute approximate surface area is 291 Å². The highest BCUT2D eigenvalue weighted by Gasteiger charge is 2.59. The molecule has 1 fully saturated rings. The van der Waals surface area contributed by atoms with Crippen molar-refractivity contribution in [3.8, 4) is 0 Å². The minimum absolute atomic E-state index is 0.0133. The predicted molar refractivity (Wildman–Crippen MR) is 198 cm³/mol. The van der Waals surface area contributed by atoms with Crippen LogP contribution in [0, 0.1) is 48.7 Å². The van der Waals surface area contributed by atoms with Crippen molar-refractivity contribution < 1.29 is 29.4 Å². The van der Waals surface area contributed by atoms with Crippen LogP contribution in [0.4, 0.5) is 0 Å². The number of Topliss-reactive ketones (excluding diaryl/α,β-unsaturated/α-hetero) is 2. The second-order valence-electron chi connectivity index (χ2n) is 17.4. The number of carbonyl (C=O) groups excluding carboxylic acids is 4. The van der Waals surface area contributed by atoms with E-state index in [2.05, 4.69) is 37.2 Å². The summed E-state index contributed by atoms with van der Waals surface area (Å²) >= 11 is 4.24. The van der Waals surface area contributed by atoms with Gasteiger partial charge < -0.3 is 10.2 Å². The number of allylic oxidation sites excluding steroid dienone is 4. The molecule has 0 amide bonds. The Hall–Kier alpha value is -0.780. The predicted octanol–water partition coefficient (Wildman–Crippen LogP) is 10.6. The number of carbonyl (C=O) groups is 4. The smallest absolute Gasteiger partial charge is 0.165 e. The highest BCUT2D eigenvalue weighted by atomic mass is 128. The van der Waals surface area contributed by atoms with Gasteiger partial charge in [-0.05, 0) is 16.2 Å². The zero-order chi connectivity index (χ0) is 36.1. The first-order chi connectivity index (χ1) is 19.1.